The van der Waals surface area contributed by atoms with E-state index in [0.29, 0.717) is 30.6 Å². The summed E-state index contributed by atoms with van der Waals surface area (Å²) in [6.07, 6.45) is 1.53. The lowest BCUT2D eigenvalue weighted by Crippen LogP contribution is -2.17. The molecule has 0 N–H and O–H groups in total. The second kappa shape index (κ2) is 7.96. The minimum absolute atomic E-state index is 0.00565. The summed E-state index contributed by atoms with van der Waals surface area (Å²) >= 11 is 0. The van der Waals surface area contributed by atoms with Gasteiger partial charge in [0.2, 0.25) is 11.7 Å². The van der Waals surface area contributed by atoms with E-state index in [9.17, 15) is 8.78 Å². The quantitative estimate of drug-likeness (QED) is 0.604. The zero-order valence-corrected chi connectivity index (χ0v) is 14.2. The smallest absolute Gasteiger partial charge is 0.387 e. The molecule has 2 heterocycles. The van der Waals surface area contributed by atoms with Crippen LogP contribution >= 0.6 is 0 Å². The van der Waals surface area contributed by atoms with Crippen LogP contribution in [-0.4, -0.2) is 35.8 Å². The van der Waals surface area contributed by atoms with Gasteiger partial charge in [-0.1, -0.05) is 11.2 Å². The first kappa shape index (κ1) is 17.9. The minimum atomic E-state index is -2.90. The van der Waals surface area contributed by atoms with Crippen LogP contribution in [0.5, 0.6) is 11.5 Å². The fourth-order valence-corrected chi connectivity index (χ4v) is 2.43. The van der Waals surface area contributed by atoms with Gasteiger partial charge in [0.25, 0.3) is 0 Å². The molecule has 3 rings (SSSR count). The van der Waals surface area contributed by atoms with Crippen molar-refractivity contribution in [1.29, 1.82) is 0 Å². The maximum Gasteiger partial charge on any atom is 0.387 e. The van der Waals surface area contributed by atoms with Crippen molar-refractivity contribution in [3.8, 4) is 23.1 Å². The first-order valence-corrected chi connectivity index (χ1v) is 7.72. The number of alkyl halides is 2. The highest BCUT2D eigenvalue weighted by atomic mass is 19.3. The molecule has 0 amide bonds. The molecule has 2 aromatic heterocycles. The van der Waals surface area contributed by atoms with Gasteiger partial charge in [0.15, 0.2) is 17.3 Å². The summed E-state index contributed by atoms with van der Waals surface area (Å²) in [7, 11) is 3.27. The monoisotopic (exact) mass is 365 g/mol. The highest BCUT2D eigenvalue weighted by molar-refractivity contribution is 5.44. The second-order valence-corrected chi connectivity index (χ2v) is 5.53. The Morgan fingerprint density at radius 1 is 1.19 bits per heavy atom. The van der Waals surface area contributed by atoms with Crippen molar-refractivity contribution >= 4 is 0 Å². The number of furan rings is 1. The molecular weight excluding hydrogens is 348 g/mol. The highest BCUT2D eigenvalue weighted by Crippen LogP contribution is 2.30. The third-order valence-electron chi connectivity index (χ3n) is 3.51. The van der Waals surface area contributed by atoms with Crippen LogP contribution < -0.4 is 9.47 Å². The van der Waals surface area contributed by atoms with Crippen molar-refractivity contribution < 1.29 is 27.2 Å². The zero-order valence-electron chi connectivity index (χ0n) is 14.2. The molecule has 0 unspecified atom stereocenters. The molecule has 0 atom stereocenters. The highest BCUT2D eigenvalue weighted by Gasteiger charge is 2.14. The molecule has 0 radical (unpaired) electrons. The largest absolute Gasteiger partial charge is 0.493 e. The Labute approximate surface area is 148 Å². The van der Waals surface area contributed by atoms with Gasteiger partial charge < -0.3 is 18.4 Å². The molecular formula is C17H17F2N3O4. The maximum absolute atomic E-state index is 12.4. The number of hydrogen-bond donors (Lipinski definition) is 0. The minimum Gasteiger partial charge on any atom is -0.493 e. The van der Waals surface area contributed by atoms with Gasteiger partial charge in [-0.25, -0.2) is 0 Å². The summed E-state index contributed by atoms with van der Waals surface area (Å²) in [6.45, 7) is -1.98. The third kappa shape index (κ3) is 4.37. The number of halogens is 2. The zero-order chi connectivity index (χ0) is 18.5. The fourth-order valence-electron chi connectivity index (χ4n) is 2.43. The molecule has 1 aromatic carbocycles. The Hall–Kier alpha value is -2.94. The Morgan fingerprint density at radius 3 is 2.73 bits per heavy atom. The lowest BCUT2D eigenvalue weighted by Gasteiger charge is -2.16. The summed E-state index contributed by atoms with van der Waals surface area (Å²) in [5, 5.41) is 3.87. The number of ether oxygens (including phenoxy) is 2. The van der Waals surface area contributed by atoms with Gasteiger partial charge >= 0.3 is 6.61 Å². The topological polar surface area (TPSA) is 73.8 Å². The predicted molar refractivity (Wildman–Crippen MR) is 86.8 cm³/mol. The van der Waals surface area contributed by atoms with Crippen molar-refractivity contribution in [3.05, 3.63) is 48.0 Å². The van der Waals surface area contributed by atoms with Crippen molar-refractivity contribution in [2.45, 2.75) is 19.7 Å². The Morgan fingerprint density at radius 2 is 2.04 bits per heavy atom. The van der Waals surface area contributed by atoms with Crippen LogP contribution in [0.2, 0.25) is 0 Å². The normalized spacial score (nSPS) is 11.3. The summed E-state index contributed by atoms with van der Waals surface area (Å²) in [5.74, 6) is 1.59. The lowest BCUT2D eigenvalue weighted by molar-refractivity contribution is -0.0512. The number of nitrogens with zero attached hydrogens (tertiary/aromatic N) is 3. The van der Waals surface area contributed by atoms with Gasteiger partial charge in [-0.15, -0.1) is 0 Å². The van der Waals surface area contributed by atoms with Gasteiger partial charge in [-0.05, 0) is 36.9 Å². The second-order valence-electron chi connectivity index (χ2n) is 5.53. The van der Waals surface area contributed by atoms with E-state index in [4.69, 9.17) is 13.7 Å². The summed E-state index contributed by atoms with van der Waals surface area (Å²) in [4.78, 5) is 6.21. The van der Waals surface area contributed by atoms with E-state index in [1.54, 1.807) is 24.3 Å². The average molecular weight is 365 g/mol. The van der Waals surface area contributed by atoms with E-state index in [-0.39, 0.29) is 11.5 Å². The average Bonchev–Trinajstić information content (AvgIpc) is 3.27. The summed E-state index contributed by atoms with van der Waals surface area (Å²) < 4.78 is 44.7. The Balaban J connectivity index is 1.63. The van der Waals surface area contributed by atoms with Crippen LogP contribution in [0.25, 0.3) is 11.6 Å². The van der Waals surface area contributed by atoms with Crippen molar-refractivity contribution in [3.63, 3.8) is 0 Å². The molecule has 9 heteroatoms. The molecule has 0 aliphatic carbocycles. The van der Waals surface area contributed by atoms with Gasteiger partial charge in [-0.2, -0.15) is 13.8 Å². The summed E-state index contributed by atoms with van der Waals surface area (Å²) in [5.41, 5.74) is 0.858. The van der Waals surface area contributed by atoms with E-state index >= 15 is 0 Å². The van der Waals surface area contributed by atoms with Crippen molar-refractivity contribution in [2.75, 3.05) is 14.2 Å². The van der Waals surface area contributed by atoms with Crippen LogP contribution in [0.1, 0.15) is 11.5 Å². The lowest BCUT2D eigenvalue weighted by atomic mass is 10.2. The van der Waals surface area contributed by atoms with Crippen LogP contribution in [0.15, 0.2) is 45.5 Å². The SMILES string of the molecule is COc1cc(CN(C)Cc2nc(-c3ccco3)no2)ccc1OC(F)F. The molecule has 26 heavy (non-hydrogen) atoms. The van der Waals surface area contributed by atoms with E-state index in [0.717, 1.165) is 5.56 Å². The number of hydrogen-bond acceptors (Lipinski definition) is 7. The summed E-state index contributed by atoms with van der Waals surface area (Å²) in [6, 6.07) is 8.28. The van der Waals surface area contributed by atoms with E-state index < -0.39 is 6.61 Å². The number of aromatic nitrogens is 2. The fraction of sp³-hybridized carbons (Fsp3) is 0.294. The molecule has 0 saturated heterocycles. The molecule has 7 nitrogen and oxygen atoms in total. The van der Waals surface area contributed by atoms with Crippen LogP contribution in [0.3, 0.4) is 0 Å². The number of methoxy groups -OCH3 is 1. The van der Waals surface area contributed by atoms with Gasteiger partial charge in [0.05, 0.1) is 19.9 Å². The molecule has 0 spiro atoms. The number of benzene rings is 1. The van der Waals surface area contributed by atoms with E-state index in [2.05, 4.69) is 14.9 Å². The molecule has 3 aromatic rings. The van der Waals surface area contributed by atoms with Gasteiger partial charge in [-0.3, -0.25) is 4.90 Å². The van der Waals surface area contributed by atoms with Crippen LogP contribution in [0.4, 0.5) is 8.78 Å². The molecule has 0 fully saturated rings. The molecule has 0 aliphatic heterocycles. The molecule has 0 saturated carbocycles. The van der Waals surface area contributed by atoms with Gasteiger partial charge in [0.1, 0.15) is 0 Å². The predicted octanol–water partition coefficient (Wildman–Crippen LogP) is 3.57. The Bertz CT molecular complexity index is 836. The van der Waals surface area contributed by atoms with Crippen molar-refractivity contribution in [2.24, 2.45) is 0 Å². The third-order valence-corrected chi connectivity index (χ3v) is 3.51. The van der Waals surface area contributed by atoms with Crippen molar-refractivity contribution in [1.82, 2.24) is 15.0 Å². The molecule has 0 aliphatic rings. The Kier molecular flexibility index (Phi) is 5.47. The molecule has 0 bridgehead atoms. The van der Waals surface area contributed by atoms with E-state index in [1.165, 1.54) is 19.4 Å². The van der Waals surface area contributed by atoms with Crippen LogP contribution in [0, 0.1) is 0 Å². The van der Waals surface area contributed by atoms with Gasteiger partial charge in [0, 0.05) is 6.54 Å². The number of rotatable bonds is 8. The first-order chi connectivity index (χ1) is 12.5. The first-order valence-electron chi connectivity index (χ1n) is 7.72. The standard InChI is InChI=1S/C17H17F2N3O4/c1-22(10-15-20-16(21-26-15)13-4-3-7-24-13)9-11-5-6-12(25-17(18)19)14(8-11)23-2/h3-8,17H,9-10H2,1-2H3. The van der Waals surface area contributed by atoms with E-state index in [1.807, 2.05) is 11.9 Å². The van der Waals surface area contributed by atoms with Crippen LogP contribution in [-0.2, 0) is 13.1 Å². The maximum atomic E-state index is 12.4. The molecule has 138 valence electrons.